The second kappa shape index (κ2) is 3.68. The Balaban J connectivity index is 2.24. The maximum absolute atomic E-state index is 10.1. The summed E-state index contributed by atoms with van der Waals surface area (Å²) in [6.45, 7) is 5.11. The quantitative estimate of drug-likeness (QED) is 0.506. The van der Waals surface area contributed by atoms with E-state index in [1.807, 2.05) is 6.92 Å². The van der Waals surface area contributed by atoms with E-state index in [0.29, 0.717) is 6.54 Å². The fourth-order valence-electron chi connectivity index (χ4n) is 1.16. The summed E-state index contributed by atoms with van der Waals surface area (Å²) >= 11 is 0. The maximum atomic E-state index is 10.1. The Labute approximate surface area is 61.0 Å². The lowest BCUT2D eigenvalue weighted by molar-refractivity contribution is -0.110. The van der Waals surface area contributed by atoms with Gasteiger partial charge in [0.2, 0.25) is 0 Å². The lowest BCUT2D eigenvalue weighted by Gasteiger charge is -2.29. The monoisotopic (exact) mass is 143 g/mol. The first-order valence-corrected chi connectivity index (χ1v) is 3.60. The highest BCUT2D eigenvalue weighted by Crippen LogP contribution is 2.01. The molecule has 0 radical (unpaired) electrons. The lowest BCUT2D eigenvalue weighted by Crippen LogP contribution is -2.41. The van der Waals surface area contributed by atoms with E-state index in [4.69, 9.17) is 4.74 Å². The number of morpholine rings is 1. The molecule has 0 N–H and O–H groups in total. The predicted octanol–water partition coefficient (Wildman–Crippen LogP) is -0.0940. The third-order valence-electron chi connectivity index (χ3n) is 1.66. The average molecular weight is 143 g/mol. The molecule has 1 aliphatic rings. The third-order valence-corrected chi connectivity index (χ3v) is 1.66. The van der Waals surface area contributed by atoms with Crippen LogP contribution in [0.4, 0.5) is 0 Å². The third kappa shape index (κ3) is 2.08. The van der Waals surface area contributed by atoms with Crippen LogP contribution in [0.3, 0.4) is 0 Å². The molecule has 1 aliphatic heterocycles. The van der Waals surface area contributed by atoms with Gasteiger partial charge in [-0.05, 0) is 6.92 Å². The number of nitrogens with zero attached hydrogens (tertiary/aromatic N) is 1. The van der Waals surface area contributed by atoms with Crippen molar-refractivity contribution in [2.75, 3.05) is 26.2 Å². The van der Waals surface area contributed by atoms with Gasteiger partial charge < -0.3 is 9.53 Å². The average Bonchev–Trinajstić information content (AvgIpc) is 1.88. The number of hydrogen-bond acceptors (Lipinski definition) is 3. The van der Waals surface area contributed by atoms with Crippen molar-refractivity contribution < 1.29 is 9.53 Å². The zero-order chi connectivity index (χ0) is 7.40. The molecule has 3 heteroatoms. The van der Waals surface area contributed by atoms with Crippen LogP contribution in [0.2, 0.25) is 0 Å². The molecule has 0 aromatic carbocycles. The molecule has 0 aliphatic carbocycles. The molecule has 1 atom stereocenters. The molecular weight excluding hydrogens is 130 g/mol. The zero-order valence-electron chi connectivity index (χ0n) is 6.25. The van der Waals surface area contributed by atoms with Gasteiger partial charge in [-0.1, -0.05) is 0 Å². The molecule has 0 saturated carbocycles. The molecule has 0 aromatic heterocycles. The molecule has 0 bridgehead atoms. The molecule has 10 heavy (non-hydrogen) atoms. The lowest BCUT2D eigenvalue weighted by atomic mass is 10.3. The van der Waals surface area contributed by atoms with Crippen molar-refractivity contribution in [1.82, 2.24) is 4.90 Å². The number of ether oxygens (including phenoxy) is 1. The van der Waals surface area contributed by atoms with Gasteiger partial charge >= 0.3 is 0 Å². The van der Waals surface area contributed by atoms with E-state index in [1.54, 1.807) is 0 Å². The molecule has 0 aromatic rings. The molecule has 3 nitrogen and oxygen atoms in total. The minimum atomic E-state index is 0.286. The second-order valence-corrected chi connectivity index (χ2v) is 2.61. The van der Waals surface area contributed by atoms with Crippen LogP contribution in [0, 0.1) is 0 Å². The predicted molar refractivity (Wildman–Crippen MR) is 37.9 cm³/mol. The topological polar surface area (TPSA) is 29.5 Å². The van der Waals surface area contributed by atoms with Crippen LogP contribution in [0.1, 0.15) is 6.92 Å². The number of hydrogen-bond donors (Lipinski definition) is 0. The summed E-state index contributed by atoms with van der Waals surface area (Å²) in [5.74, 6) is 0. The fourth-order valence-corrected chi connectivity index (χ4v) is 1.16. The summed E-state index contributed by atoms with van der Waals surface area (Å²) in [4.78, 5) is 12.2. The summed E-state index contributed by atoms with van der Waals surface area (Å²) in [6, 6.07) is 0. The molecule has 1 heterocycles. The second-order valence-electron chi connectivity index (χ2n) is 2.61. The molecule has 0 amide bonds. The first-order chi connectivity index (χ1) is 4.83. The van der Waals surface area contributed by atoms with E-state index in [9.17, 15) is 4.79 Å². The first kappa shape index (κ1) is 7.69. The largest absolute Gasteiger partial charge is 0.376 e. The van der Waals surface area contributed by atoms with Gasteiger partial charge in [0.15, 0.2) is 0 Å². The minimum Gasteiger partial charge on any atom is -0.376 e. The van der Waals surface area contributed by atoms with Gasteiger partial charge in [0.05, 0.1) is 19.3 Å². The summed E-state index contributed by atoms with van der Waals surface area (Å²) in [6.07, 6.45) is 1.23. The van der Waals surface area contributed by atoms with Crippen molar-refractivity contribution in [3.05, 3.63) is 0 Å². The van der Waals surface area contributed by atoms with Gasteiger partial charge in [0.1, 0.15) is 6.29 Å². The SMILES string of the molecule is C[C@@H]1CN(CC=O)CCO1. The van der Waals surface area contributed by atoms with E-state index >= 15 is 0 Å². The number of rotatable bonds is 2. The van der Waals surface area contributed by atoms with E-state index in [-0.39, 0.29) is 6.10 Å². The normalized spacial score (nSPS) is 28.3. The van der Waals surface area contributed by atoms with E-state index < -0.39 is 0 Å². The van der Waals surface area contributed by atoms with Crippen molar-refractivity contribution in [3.8, 4) is 0 Å². The minimum absolute atomic E-state index is 0.286. The van der Waals surface area contributed by atoms with Gasteiger partial charge in [-0.2, -0.15) is 0 Å². The Morgan fingerprint density at radius 2 is 2.60 bits per heavy atom. The molecular formula is C7H13NO2. The smallest absolute Gasteiger partial charge is 0.133 e. The van der Waals surface area contributed by atoms with E-state index in [2.05, 4.69) is 4.90 Å². The van der Waals surface area contributed by atoms with Gasteiger partial charge in [-0.15, -0.1) is 0 Å². The van der Waals surface area contributed by atoms with Crippen molar-refractivity contribution in [3.63, 3.8) is 0 Å². The first-order valence-electron chi connectivity index (χ1n) is 3.60. The molecule has 1 rings (SSSR count). The molecule has 0 unspecified atom stereocenters. The summed E-state index contributed by atoms with van der Waals surface area (Å²) in [5.41, 5.74) is 0. The number of carbonyl (C=O) groups is 1. The Hall–Kier alpha value is -0.410. The molecule has 1 fully saturated rings. The number of carbonyl (C=O) groups excluding carboxylic acids is 1. The van der Waals surface area contributed by atoms with Crippen LogP contribution in [0.25, 0.3) is 0 Å². The molecule has 0 spiro atoms. The molecule has 58 valence electrons. The Kier molecular flexibility index (Phi) is 2.83. The van der Waals surface area contributed by atoms with Crippen LogP contribution in [0.15, 0.2) is 0 Å². The highest BCUT2D eigenvalue weighted by atomic mass is 16.5. The summed E-state index contributed by atoms with van der Waals surface area (Å²) < 4.78 is 5.30. The standard InChI is InChI=1S/C7H13NO2/c1-7-6-8(2-4-9)3-5-10-7/h4,7H,2-3,5-6H2,1H3/t7-/m1/s1. The van der Waals surface area contributed by atoms with Gasteiger partial charge in [0.25, 0.3) is 0 Å². The van der Waals surface area contributed by atoms with Crippen molar-refractivity contribution >= 4 is 6.29 Å². The van der Waals surface area contributed by atoms with Crippen LogP contribution < -0.4 is 0 Å². The van der Waals surface area contributed by atoms with Crippen molar-refractivity contribution in [1.29, 1.82) is 0 Å². The van der Waals surface area contributed by atoms with Crippen LogP contribution in [-0.4, -0.2) is 43.5 Å². The van der Waals surface area contributed by atoms with Crippen LogP contribution in [0.5, 0.6) is 0 Å². The van der Waals surface area contributed by atoms with Gasteiger partial charge in [-0.25, -0.2) is 0 Å². The van der Waals surface area contributed by atoms with Crippen molar-refractivity contribution in [2.45, 2.75) is 13.0 Å². The highest BCUT2D eigenvalue weighted by Gasteiger charge is 2.14. The molecule has 1 saturated heterocycles. The number of aldehydes is 1. The maximum Gasteiger partial charge on any atom is 0.133 e. The Morgan fingerprint density at radius 1 is 1.80 bits per heavy atom. The van der Waals surface area contributed by atoms with Crippen LogP contribution in [-0.2, 0) is 9.53 Å². The Bertz CT molecular complexity index is 116. The van der Waals surface area contributed by atoms with Gasteiger partial charge in [-0.3, -0.25) is 4.90 Å². The Morgan fingerprint density at radius 3 is 3.20 bits per heavy atom. The van der Waals surface area contributed by atoms with E-state index in [1.165, 1.54) is 0 Å². The zero-order valence-corrected chi connectivity index (χ0v) is 6.25. The van der Waals surface area contributed by atoms with E-state index in [0.717, 1.165) is 26.0 Å². The fraction of sp³-hybridized carbons (Fsp3) is 0.857. The van der Waals surface area contributed by atoms with Crippen molar-refractivity contribution in [2.24, 2.45) is 0 Å². The van der Waals surface area contributed by atoms with Crippen LogP contribution >= 0.6 is 0 Å². The summed E-state index contributed by atoms with van der Waals surface area (Å²) in [5, 5.41) is 0. The summed E-state index contributed by atoms with van der Waals surface area (Å²) in [7, 11) is 0. The van der Waals surface area contributed by atoms with Gasteiger partial charge in [0, 0.05) is 13.1 Å². The highest BCUT2D eigenvalue weighted by molar-refractivity contribution is 5.51.